The van der Waals surface area contributed by atoms with Crippen molar-refractivity contribution in [3.8, 4) is 11.5 Å². The largest absolute Gasteiger partial charge is 0.359 e. The summed E-state index contributed by atoms with van der Waals surface area (Å²) in [6.45, 7) is 2.92. The Balaban J connectivity index is 1.91. The lowest BCUT2D eigenvalue weighted by molar-refractivity contribution is 0.362. The van der Waals surface area contributed by atoms with Gasteiger partial charge in [0, 0.05) is 12.6 Å². The Kier molecular flexibility index (Phi) is 3.93. The smallest absolute Gasteiger partial charge is 0.227 e. The summed E-state index contributed by atoms with van der Waals surface area (Å²) in [5.41, 5.74) is 6.40. The maximum absolute atomic E-state index is 5.51. The zero-order chi connectivity index (χ0) is 12.1. The lowest BCUT2D eigenvalue weighted by Gasteiger charge is -2.06. The Labute approximate surface area is 100 Å². The molecule has 5 heteroatoms. The van der Waals surface area contributed by atoms with E-state index < -0.39 is 0 Å². The second-order valence-corrected chi connectivity index (χ2v) is 4.32. The van der Waals surface area contributed by atoms with E-state index in [4.69, 9.17) is 10.3 Å². The predicted molar refractivity (Wildman–Crippen MR) is 65.2 cm³/mol. The monoisotopic (exact) mass is 234 g/mol. The SMILES string of the molecule is CC(CCN)CCc1nc(-c2ccc[nH]2)no1. The molecule has 17 heavy (non-hydrogen) atoms. The highest BCUT2D eigenvalue weighted by atomic mass is 16.5. The molecule has 3 N–H and O–H groups in total. The van der Waals surface area contributed by atoms with Crippen molar-refractivity contribution in [2.45, 2.75) is 26.2 Å². The van der Waals surface area contributed by atoms with Gasteiger partial charge in [-0.2, -0.15) is 4.98 Å². The molecule has 0 radical (unpaired) electrons. The highest BCUT2D eigenvalue weighted by molar-refractivity contribution is 5.47. The molecule has 2 aromatic heterocycles. The summed E-state index contributed by atoms with van der Waals surface area (Å²) in [6.07, 6.45) is 4.73. The van der Waals surface area contributed by atoms with Crippen LogP contribution >= 0.6 is 0 Å². The van der Waals surface area contributed by atoms with Gasteiger partial charge >= 0.3 is 0 Å². The summed E-state index contributed by atoms with van der Waals surface area (Å²) >= 11 is 0. The molecular weight excluding hydrogens is 216 g/mol. The van der Waals surface area contributed by atoms with Gasteiger partial charge in [0.25, 0.3) is 0 Å². The number of nitrogens with zero attached hydrogens (tertiary/aromatic N) is 2. The third-order valence-corrected chi connectivity index (χ3v) is 2.82. The van der Waals surface area contributed by atoms with Gasteiger partial charge in [0.05, 0.1) is 5.69 Å². The molecule has 1 unspecified atom stereocenters. The van der Waals surface area contributed by atoms with E-state index in [1.165, 1.54) is 0 Å². The van der Waals surface area contributed by atoms with Crippen molar-refractivity contribution < 1.29 is 4.52 Å². The number of aryl methyl sites for hydroxylation is 1. The molecule has 1 atom stereocenters. The number of hydrogen-bond donors (Lipinski definition) is 2. The minimum absolute atomic E-state index is 0.598. The van der Waals surface area contributed by atoms with Crippen molar-refractivity contribution >= 4 is 0 Å². The van der Waals surface area contributed by atoms with Crippen LogP contribution in [0, 0.1) is 5.92 Å². The summed E-state index contributed by atoms with van der Waals surface area (Å²) in [6, 6.07) is 3.83. The number of hydrogen-bond acceptors (Lipinski definition) is 4. The molecule has 0 spiro atoms. The molecule has 92 valence electrons. The van der Waals surface area contributed by atoms with Crippen molar-refractivity contribution in [1.29, 1.82) is 0 Å². The van der Waals surface area contributed by atoms with Crippen LogP contribution in [0.25, 0.3) is 11.5 Å². The van der Waals surface area contributed by atoms with Crippen LogP contribution in [0.5, 0.6) is 0 Å². The Morgan fingerprint density at radius 3 is 3.06 bits per heavy atom. The number of aromatic amines is 1. The zero-order valence-electron chi connectivity index (χ0n) is 10.0. The molecule has 5 nitrogen and oxygen atoms in total. The van der Waals surface area contributed by atoms with Gasteiger partial charge in [0.1, 0.15) is 0 Å². The van der Waals surface area contributed by atoms with E-state index in [0.29, 0.717) is 17.6 Å². The maximum Gasteiger partial charge on any atom is 0.227 e. The van der Waals surface area contributed by atoms with Crippen LogP contribution in [0.4, 0.5) is 0 Å². The lowest BCUT2D eigenvalue weighted by Crippen LogP contribution is -2.06. The summed E-state index contributed by atoms with van der Waals surface area (Å²) in [5, 5.41) is 3.94. The van der Waals surface area contributed by atoms with E-state index in [-0.39, 0.29) is 0 Å². The second-order valence-electron chi connectivity index (χ2n) is 4.32. The van der Waals surface area contributed by atoms with Gasteiger partial charge in [-0.1, -0.05) is 12.1 Å². The van der Waals surface area contributed by atoms with Crippen LogP contribution < -0.4 is 5.73 Å². The molecular formula is C12H18N4O. The first-order valence-electron chi connectivity index (χ1n) is 5.96. The molecule has 0 fully saturated rings. The van der Waals surface area contributed by atoms with Crippen LogP contribution in [0.2, 0.25) is 0 Å². The highest BCUT2D eigenvalue weighted by Crippen LogP contribution is 2.15. The Bertz CT molecular complexity index is 435. The van der Waals surface area contributed by atoms with E-state index in [1.807, 2.05) is 18.3 Å². The molecule has 0 aliphatic carbocycles. The highest BCUT2D eigenvalue weighted by Gasteiger charge is 2.10. The van der Waals surface area contributed by atoms with E-state index in [2.05, 4.69) is 22.0 Å². The third kappa shape index (κ3) is 3.17. The standard InChI is InChI=1S/C12H18N4O/c1-9(6-7-13)4-5-11-15-12(16-17-11)10-3-2-8-14-10/h2-3,8-9,14H,4-7,13H2,1H3. The summed E-state index contributed by atoms with van der Waals surface area (Å²) in [7, 11) is 0. The van der Waals surface area contributed by atoms with Crippen LogP contribution in [0.3, 0.4) is 0 Å². The van der Waals surface area contributed by atoms with E-state index in [1.54, 1.807) is 0 Å². The van der Waals surface area contributed by atoms with Gasteiger partial charge in [-0.3, -0.25) is 0 Å². The second kappa shape index (κ2) is 5.63. The molecule has 0 saturated heterocycles. The Morgan fingerprint density at radius 2 is 2.35 bits per heavy atom. The van der Waals surface area contributed by atoms with Crippen molar-refractivity contribution in [1.82, 2.24) is 15.1 Å². The molecule has 0 aliphatic heterocycles. The first-order chi connectivity index (χ1) is 8.29. The predicted octanol–water partition coefficient (Wildman–Crippen LogP) is 1.98. The first kappa shape index (κ1) is 11.9. The van der Waals surface area contributed by atoms with E-state index in [0.717, 1.165) is 31.5 Å². The Hall–Kier alpha value is -1.62. The fourth-order valence-corrected chi connectivity index (χ4v) is 1.73. The van der Waals surface area contributed by atoms with Gasteiger partial charge in [0.15, 0.2) is 0 Å². The molecule has 0 saturated carbocycles. The van der Waals surface area contributed by atoms with E-state index >= 15 is 0 Å². The summed E-state index contributed by atoms with van der Waals surface area (Å²) in [5.74, 6) is 1.91. The quantitative estimate of drug-likeness (QED) is 0.800. The topological polar surface area (TPSA) is 80.7 Å². The molecule has 0 bridgehead atoms. The normalized spacial score (nSPS) is 12.8. The molecule has 0 aliphatic rings. The molecule has 2 rings (SSSR count). The van der Waals surface area contributed by atoms with Gasteiger partial charge in [-0.05, 0) is 37.4 Å². The van der Waals surface area contributed by atoms with Crippen molar-refractivity contribution in [2.75, 3.05) is 6.54 Å². The Morgan fingerprint density at radius 1 is 1.47 bits per heavy atom. The zero-order valence-corrected chi connectivity index (χ0v) is 10.0. The van der Waals surface area contributed by atoms with Crippen molar-refractivity contribution in [3.63, 3.8) is 0 Å². The number of aromatic nitrogens is 3. The van der Waals surface area contributed by atoms with Gasteiger partial charge in [-0.25, -0.2) is 0 Å². The molecule has 2 aromatic rings. The number of rotatable bonds is 6. The van der Waals surface area contributed by atoms with Gasteiger partial charge < -0.3 is 15.2 Å². The first-order valence-corrected chi connectivity index (χ1v) is 5.96. The fraction of sp³-hybridized carbons (Fsp3) is 0.500. The fourth-order valence-electron chi connectivity index (χ4n) is 1.73. The minimum atomic E-state index is 0.598. The van der Waals surface area contributed by atoms with Gasteiger partial charge in [0.2, 0.25) is 11.7 Å². The van der Waals surface area contributed by atoms with Gasteiger partial charge in [-0.15, -0.1) is 0 Å². The van der Waals surface area contributed by atoms with Crippen LogP contribution in [-0.2, 0) is 6.42 Å². The number of nitrogens with two attached hydrogens (primary N) is 1. The molecule has 0 amide bonds. The van der Waals surface area contributed by atoms with E-state index in [9.17, 15) is 0 Å². The average molecular weight is 234 g/mol. The van der Waals surface area contributed by atoms with Crippen LogP contribution in [0.1, 0.15) is 25.7 Å². The third-order valence-electron chi connectivity index (χ3n) is 2.82. The summed E-state index contributed by atoms with van der Waals surface area (Å²) < 4.78 is 5.20. The minimum Gasteiger partial charge on any atom is -0.359 e. The maximum atomic E-state index is 5.51. The van der Waals surface area contributed by atoms with Crippen LogP contribution in [-0.4, -0.2) is 21.7 Å². The van der Waals surface area contributed by atoms with Crippen molar-refractivity contribution in [3.05, 3.63) is 24.2 Å². The van der Waals surface area contributed by atoms with Crippen LogP contribution in [0.15, 0.2) is 22.9 Å². The number of H-pyrrole nitrogens is 1. The number of nitrogens with one attached hydrogen (secondary N) is 1. The summed E-state index contributed by atoms with van der Waals surface area (Å²) in [4.78, 5) is 7.39. The van der Waals surface area contributed by atoms with Crippen molar-refractivity contribution in [2.24, 2.45) is 11.7 Å². The average Bonchev–Trinajstić information content (AvgIpc) is 2.97. The molecule has 2 heterocycles. The lowest BCUT2D eigenvalue weighted by atomic mass is 10.0. The molecule has 0 aromatic carbocycles.